The van der Waals surface area contributed by atoms with Gasteiger partial charge in [0.25, 0.3) is 23.6 Å². The summed E-state index contributed by atoms with van der Waals surface area (Å²) in [6, 6.07) is 64.5. The summed E-state index contributed by atoms with van der Waals surface area (Å²) in [6.07, 6.45) is -7.01. The molecule has 0 aliphatic carbocycles. The van der Waals surface area contributed by atoms with Gasteiger partial charge in [-0.25, -0.2) is 9.59 Å². The fraction of sp³-hybridized carbons (Fsp3) is 0.339. The summed E-state index contributed by atoms with van der Waals surface area (Å²) in [5.74, 6) is -4.69. The van der Waals surface area contributed by atoms with Gasteiger partial charge in [0.05, 0.1) is 61.8 Å². The third kappa shape index (κ3) is 24.1. The number of amides is 6. The van der Waals surface area contributed by atoms with E-state index in [1.807, 2.05) is 168 Å². The number of morpholine rings is 2. The molecule has 8 aromatic carbocycles. The number of aromatic nitrogens is 4. The first-order chi connectivity index (χ1) is 70.6. The van der Waals surface area contributed by atoms with Gasteiger partial charge in [-0.1, -0.05) is 72.8 Å². The molecule has 4 aromatic heterocycles. The first-order valence-corrected chi connectivity index (χ1v) is 48.6. The molecule has 6 aliphatic rings. The van der Waals surface area contributed by atoms with E-state index in [-0.39, 0.29) is 71.9 Å². The molecule has 148 heavy (non-hydrogen) atoms. The number of aliphatic carboxylic acids is 2. The Bertz CT molecular complexity index is 6650. The zero-order valence-corrected chi connectivity index (χ0v) is 83.8. The number of fused-ring (bicyclic) bond motifs is 4. The number of carboxylic acids is 2. The molecule has 12 aromatic rings. The van der Waals surface area contributed by atoms with Crippen LogP contribution in [0.25, 0.3) is 22.5 Å². The zero-order chi connectivity index (χ0) is 106. The molecule has 2 fully saturated rings. The van der Waals surface area contributed by atoms with Gasteiger partial charge in [-0.05, 0) is 244 Å². The summed E-state index contributed by atoms with van der Waals surface area (Å²) in [7, 11) is 7.40. The third-order valence-corrected chi connectivity index (χ3v) is 28.4. The van der Waals surface area contributed by atoms with Gasteiger partial charge in [0.1, 0.15) is 59.7 Å². The van der Waals surface area contributed by atoms with E-state index in [0.29, 0.717) is 156 Å². The van der Waals surface area contributed by atoms with Crippen molar-refractivity contribution in [1.29, 1.82) is 10.5 Å². The fourth-order valence-corrected chi connectivity index (χ4v) is 19.4. The minimum atomic E-state index is -5.08. The highest BCUT2D eigenvalue weighted by Crippen LogP contribution is 2.43. The van der Waals surface area contributed by atoms with Crippen LogP contribution in [0.15, 0.2) is 194 Å². The van der Waals surface area contributed by atoms with E-state index in [9.17, 15) is 56.7 Å². The Morgan fingerprint density at radius 2 is 0.750 bits per heavy atom. The molecule has 36 heteroatoms. The Morgan fingerprint density at radius 1 is 0.412 bits per heavy atom. The van der Waals surface area contributed by atoms with Gasteiger partial charge in [0.15, 0.2) is 0 Å². The first kappa shape index (κ1) is 107. The van der Waals surface area contributed by atoms with Crippen molar-refractivity contribution in [3.05, 3.63) is 306 Å². The number of phenols is 2. The molecule has 0 saturated carbocycles. The van der Waals surface area contributed by atoms with Crippen molar-refractivity contribution in [3.63, 3.8) is 0 Å². The number of phenolic OH excluding ortho intramolecular Hbond substituents is 2. The number of nitrogens with zero attached hydrogens (tertiary/aromatic N) is 14. The average Bonchev–Trinajstić information content (AvgIpc) is 1.56. The predicted molar refractivity (Wildman–Crippen MR) is 540 cm³/mol. The van der Waals surface area contributed by atoms with E-state index >= 15 is 19.2 Å². The molecule has 0 unspecified atom stereocenters. The topological polar surface area (TPSA) is 348 Å². The quantitative estimate of drug-likeness (QED) is 0.0458. The van der Waals surface area contributed by atoms with Gasteiger partial charge in [-0.3, -0.25) is 48.4 Å². The van der Waals surface area contributed by atoms with Crippen LogP contribution in [0.5, 0.6) is 23.0 Å². The first-order valence-electron chi connectivity index (χ1n) is 48.6. The lowest BCUT2D eigenvalue weighted by Crippen LogP contribution is -2.43. The highest BCUT2D eigenvalue weighted by molar-refractivity contribution is 6.15. The zero-order valence-electron chi connectivity index (χ0n) is 83.8. The second-order valence-corrected chi connectivity index (χ2v) is 37.7. The molecule has 0 spiro atoms. The summed E-state index contributed by atoms with van der Waals surface area (Å²) in [4.78, 5) is 122. The highest BCUT2D eigenvalue weighted by Gasteiger charge is 2.41. The van der Waals surface area contributed by atoms with Crippen molar-refractivity contribution in [1.82, 2.24) is 47.7 Å². The molecule has 10 heterocycles. The molecule has 4 N–H and O–H groups in total. The summed E-state index contributed by atoms with van der Waals surface area (Å²) in [6.45, 7) is 23.9. The fourth-order valence-electron chi connectivity index (χ4n) is 19.4. The third-order valence-electron chi connectivity index (χ3n) is 28.4. The van der Waals surface area contributed by atoms with E-state index in [2.05, 4.69) is 72.2 Å². The van der Waals surface area contributed by atoms with Crippen LogP contribution < -0.4 is 19.3 Å². The molecule has 0 radical (unpaired) electrons. The second-order valence-electron chi connectivity index (χ2n) is 37.7. The highest BCUT2D eigenvalue weighted by atomic mass is 19.4. The summed E-state index contributed by atoms with van der Waals surface area (Å²) in [5.41, 5.74) is 20.9. The minimum Gasteiger partial charge on any atom is -0.508 e. The minimum absolute atomic E-state index is 0.0137. The number of benzene rings is 8. The van der Waals surface area contributed by atoms with Crippen molar-refractivity contribution < 1.29 is 104 Å². The predicted octanol–water partition coefficient (Wildman–Crippen LogP) is 16.5. The molecule has 30 nitrogen and oxygen atoms in total. The Kier molecular flexibility index (Phi) is 33.0. The number of carboxylic acid groups (broad SMARTS) is 2. The van der Waals surface area contributed by atoms with Crippen molar-refractivity contribution in [2.75, 3.05) is 102 Å². The van der Waals surface area contributed by atoms with E-state index in [0.717, 1.165) is 146 Å². The number of carbonyl (C=O) groups is 8. The van der Waals surface area contributed by atoms with Crippen LogP contribution in [0.1, 0.15) is 145 Å². The van der Waals surface area contributed by atoms with Gasteiger partial charge in [0.2, 0.25) is 11.8 Å². The maximum atomic E-state index is 15.2. The molecular formula is C112H116F6N14O16. The maximum absolute atomic E-state index is 15.2. The second kappa shape index (κ2) is 45.9. The lowest BCUT2D eigenvalue weighted by atomic mass is 9.89. The number of nitriles is 2. The van der Waals surface area contributed by atoms with Crippen LogP contribution in [0.2, 0.25) is 0 Å². The monoisotopic (exact) mass is 2030 g/mol. The van der Waals surface area contributed by atoms with Gasteiger partial charge in [0, 0.05) is 187 Å². The van der Waals surface area contributed by atoms with Crippen molar-refractivity contribution >= 4 is 70.1 Å². The molecular weight excluding hydrogens is 1910 g/mol. The lowest BCUT2D eigenvalue weighted by molar-refractivity contribution is -0.193. The normalized spacial score (nSPS) is 15.5. The SMILES string of the molecule is Cc1c(N(C(=O)c2cc(-c3cc4c(cc3C(=O)N3Cc5ccccc5C[C@H]3C)CN(C(=O)Cc3ccc(OCCN5CCOCC5)cc3)CC4)n(C)c2C)c2ccc(O)cc2)cc(C#N)n1C.Cc1c(N(C(=O)c2cc(-c3cc4c(cc3C(=O)N3Cc5ccccc5C[C@H]3C)CN(C(=O)Cc3ccc(OCCN5CCOCC5)cc3)CC4)n(C)c2C)c2ccc(O)cc2)cc(C#N)n1C.O=C(O)C(F)(F)F.O=C(O)C(F)(F)F. The van der Waals surface area contributed by atoms with Gasteiger partial charge in [-0.2, -0.15) is 36.9 Å². The molecule has 6 aliphatic heterocycles. The van der Waals surface area contributed by atoms with Crippen molar-refractivity contribution in [2.24, 2.45) is 28.2 Å². The van der Waals surface area contributed by atoms with E-state index in [1.165, 1.54) is 35.4 Å². The Labute approximate surface area is 852 Å². The van der Waals surface area contributed by atoms with Crippen LogP contribution in [0, 0.1) is 50.4 Å². The standard InChI is InChI=1S/2C54H57N7O6.2C2HF3O2/c2*1-35-26-39-8-6-7-9-41(39)34-60(35)53(64)49-29-42-33-59(52(63)27-38-10-16-46(17-11-38)67-25-22-58-20-23-66-24-21-58)19-18-40(42)28-48(49)51-31-47(36(2)57(51)5)54(65)61(43-12-14-45(62)15-13-43)50-30-44(32-55)56(4)37(50)3;2*3-2(4,5)1(6)7/h2*6-17,28-31,35,62H,18-27,33-34H2,1-5H3;2*(H,6,7)/t2*35-;;/m11../s1. The number of alkyl halides is 6. The smallest absolute Gasteiger partial charge is 0.490 e. The number of carbonyl (C=O) groups excluding carboxylic acids is 6. The van der Waals surface area contributed by atoms with Gasteiger partial charge in [-0.15, -0.1) is 0 Å². The summed E-state index contributed by atoms with van der Waals surface area (Å²) >= 11 is 0. The lowest BCUT2D eigenvalue weighted by Gasteiger charge is -2.36. The molecule has 772 valence electrons. The van der Waals surface area contributed by atoms with Crippen LogP contribution in [0.4, 0.5) is 49.1 Å². The number of ether oxygens (including phenoxy) is 4. The average molecular weight is 2030 g/mol. The number of hydrogen-bond acceptors (Lipinski definition) is 18. The van der Waals surface area contributed by atoms with E-state index in [1.54, 1.807) is 69.4 Å². The summed E-state index contributed by atoms with van der Waals surface area (Å²) < 4.78 is 93.8. The van der Waals surface area contributed by atoms with Crippen molar-refractivity contribution in [3.8, 4) is 57.7 Å². The number of rotatable bonds is 22. The van der Waals surface area contributed by atoms with E-state index < -0.39 is 24.3 Å². The summed E-state index contributed by atoms with van der Waals surface area (Å²) in [5, 5.41) is 54.4. The van der Waals surface area contributed by atoms with Gasteiger partial charge >= 0.3 is 24.3 Å². The number of halogens is 6. The van der Waals surface area contributed by atoms with E-state index in [4.69, 9.17) is 38.7 Å². The van der Waals surface area contributed by atoms with Crippen LogP contribution in [-0.2, 0) is 122 Å². The van der Waals surface area contributed by atoms with Crippen LogP contribution in [0.3, 0.4) is 0 Å². The molecule has 2 saturated heterocycles. The molecule has 18 rings (SSSR count). The molecule has 6 amide bonds. The largest absolute Gasteiger partial charge is 0.508 e. The Balaban J connectivity index is 0.000000196. The maximum Gasteiger partial charge on any atom is 0.490 e. The van der Waals surface area contributed by atoms with Crippen LogP contribution >= 0.6 is 0 Å². The number of anilines is 4. The Morgan fingerprint density at radius 3 is 1.07 bits per heavy atom. The molecule has 0 bridgehead atoms. The Hall–Kier alpha value is -15.8. The number of aromatic hydroxyl groups is 2. The number of hydrogen-bond donors (Lipinski definition) is 4. The van der Waals surface area contributed by atoms with Gasteiger partial charge < -0.3 is 77.2 Å². The van der Waals surface area contributed by atoms with Crippen LogP contribution in [-0.4, -0.2) is 232 Å². The van der Waals surface area contributed by atoms with Crippen molar-refractivity contribution in [2.45, 2.75) is 131 Å². The molecule has 2 atom stereocenters.